The highest BCUT2D eigenvalue weighted by Gasteiger charge is 2.44. The summed E-state index contributed by atoms with van der Waals surface area (Å²) in [5, 5.41) is 1.88. The van der Waals surface area contributed by atoms with Crippen molar-refractivity contribution in [3.63, 3.8) is 0 Å². The first-order valence-corrected chi connectivity index (χ1v) is 5.61. The standard InChI is InChI=1S/C10H14S/c1-6-8-2-7-3-9(5-8)11-10(6)4-7/h7-10H,1-5H2/t7-,8+,9-,10+/m1/s1. The van der Waals surface area contributed by atoms with Gasteiger partial charge in [0.05, 0.1) is 0 Å². The van der Waals surface area contributed by atoms with E-state index in [2.05, 4.69) is 18.3 Å². The number of hydrogen-bond acceptors (Lipinski definition) is 1. The van der Waals surface area contributed by atoms with Crippen LogP contribution in [0.4, 0.5) is 0 Å². The van der Waals surface area contributed by atoms with Crippen molar-refractivity contribution in [2.24, 2.45) is 11.8 Å². The molecule has 4 fully saturated rings. The molecule has 11 heavy (non-hydrogen) atoms. The Morgan fingerprint density at radius 2 is 2.09 bits per heavy atom. The van der Waals surface area contributed by atoms with E-state index in [4.69, 9.17) is 0 Å². The molecule has 0 nitrogen and oxygen atoms in total. The molecule has 4 aliphatic rings. The molecule has 4 rings (SSSR count). The van der Waals surface area contributed by atoms with Crippen LogP contribution in [0, 0.1) is 11.8 Å². The molecule has 2 heterocycles. The lowest BCUT2D eigenvalue weighted by atomic mass is 9.69. The lowest BCUT2D eigenvalue weighted by molar-refractivity contribution is 0.237. The number of hydrogen-bond donors (Lipinski definition) is 0. The fourth-order valence-electron chi connectivity index (χ4n) is 3.08. The molecule has 2 saturated carbocycles. The van der Waals surface area contributed by atoms with E-state index < -0.39 is 0 Å². The van der Waals surface area contributed by atoms with Gasteiger partial charge in [-0.25, -0.2) is 0 Å². The summed E-state index contributed by atoms with van der Waals surface area (Å²) in [4.78, 5) is 0. The molecule has 4 bridgehead atoms. The zero-order chi connectivity index (χ0) is 7.42. The third-order valence-electron chi connectivity index (χ3n) is 3.60. The Balaban J connectivity index is 1.96. The Morgan fingerprint density at radius 1 is 1.18 bits per heavy atom. The summed E-state index contributed by atoms with van der Waals surface area (Å²) in [6, 6.07) is 0. The van der Waals surface area contributed by atoms with Crippen molar-refractivity contribution in [3.05, 3.63) is 12.2 Å². The van der Waals surface area contributed by atoms with Crippen LogP contribution in [0.5, 0.6) is 0 Å². The summed E-state index contributed by atoms with van der Waals surface area (Å²) in [6.45, 7) is 4.23. The van der Waals surface area contributed by atoms with Gasteiger partial charge in [-0.3, -0.25) is 0 Å². The van der Waals surface area contributed by atoms with Gasteiger partial charge < -0.3 is 0 Å². The van der Waals surface area contributed by atoms with Crippen LogP contribution in [0.2, 0.25) is 0 Å². The quantitative estimate of drug-likeness (QED) is 0.499. The van der Waals surface area contributed by atoms with Crippen LogP contribution in [-0.4, -0.2) is 10.5 Å². The van der Waals surface area contributed by atoms with Gasteiger partial charge in [0.1, 0.15) is 0 Å². The first kappa shape index (κ1) is 6.59. The molecule has 0 amide bonds. The second kappa shape index (κ2) is 2.07. The van der Waals surface area contributed by atoms with Crippen LogP contribution in [-0.2, 0) is 0 Å². The minimum absolute atomic E-state index is 0.867. The molecule has 60 valence electrons. The van der Waals surface area contributed by atoms with Crippen molar-refractivity contribution in [1.82, 2.24) is 0 Å². The van der Waals surface area contributed by atoms with Crippen molar-refractivity contribution in [2.75, 3.05) is 0 Å². The average molecular weight is 166 g/mol. The average Bonchev–Trinajstić information content (AvgIpc) is 1.98. The molecule has 0 radical (unpaired) electrons. The fraction of sp³-hybridized carbons (Fsp3) is 0.800. The molecular weight excluding hydrogens is 152 g/mol. The molecule has 0 aromatic carbocycles. The zero-order valence-electron chi connectivity index (χ0n) is 6.75. The number of rotatable bonds is 0. The second-order valence-electron chi connectivity index (χ2n) is 4.33. The summed E-state index contributed by atoms with van der Waals surface area (Å²) < 4.78 is 0. The van der Waals surface area contributed by atoms with Gasteiger partial charge in [-0.1, -0.05) is 12.2 Å². The van der Waals surface area contributed by atoms with E-state index in [9.17, 15) is 0 Å². The Labute approximate surface area is 72.4 Å². The van der Waals surface area contributed by atoms with Crippen LogP contribution in [0.1, 0.15) is 25.7 Å². The Bertz CT molecular complexity index is 177. The van der Waals surface area contributed by atoms with Crippen molar-refractivity contribution in [1.29, 1.82) is 0 Å². The summed E-state index contributed by atoms with van der Waals surface area (Å²) in [5.41, 5.74) is 1.59. The summed E-state index contributed by atoms with van der Waals surface area (Å²) in [6.07, 6.45) is 5.91. The third-order valence-corrected chi connectivity index (χ3v) is 5.20. The van der Waals surface area contributed by atoms with Crippen LogP contribution >= 0.6 is 11.8 Å². The highest BCUT2D eigenvalue weighted by atomic mass is 32.2. The van der Waals surface area contributed by atoms with E-state index in [-0.39, 0.29) is 0 Å². The maximum atomic E-state index is 4.23. The lowest BCUT2D eigenvalue weighted by Crippen LogP contribution is -2.41. The van der Waals surface area contributed by atoms with Gasteiger partial charge in [0.2, 0.25) is 0 Å². The predicted octanol–water partition coefficient (Wildman–Crippen LogP) is 2.85. The van der Waals surface area contributed by atoms with Crippen molar-refractivity contribution in [2.45, 2.75) is 36.2 Å². The molecule has 2 aliphatic heterocycles. The van der Waals surface area contributed by atoms with Crippen LogP contribution in [0.15, 0.2) is 12.2 Å². The Morgan fingerprint density at radius 3 is 2.82 bits per heavy atom. The maximum absolute atomic E-state index is 4.23. The van der Waals surface area contributed by atoms with Gasteiger partial charge >= 0.3 is 0 Å². The summed E-state index contributed by atoms with van der Waals surface area (Å²) in [5.74, 6) is 2.01. The normalized spacial score (nSPS) is 53.6. The monoisotopic (exact) mass is 166 g/mol. The van der Waals surface area contributed by atoms with Gasteiger partial charge in [0.25, 0.3) is 0 Å². The SMILES string of the molecule is C=C1[C@H]2C[C@@H]3C[C@H](C2)S[C@H]1C3. The highest BCUT2D eigenvalue weighted by molar-refractivity contribution is 8.00. The van der Waals surface area contributed by atoms with Gasteiger partial charge in [0.15, 0.2) is 0 Å². The largest absolute Gasteiger partial charge is 0.151 e. The van der Waals surface area contributed by atoms with Crippen molar-refractivity contribution < 1.29 is 0 Å². The van der Waals surface area contributed by atoms with E-state index in [1.165, 1.54) is 25.7 Å². The molecular formula is C10H14S. The van der Waals surface area contributed by atoms with Crippen LogP contribution in [0.3, 0.4) is 0 Å². The van der Waals surface area contributed by atoms with Gasteiger partial charge in [-0.05, 0) is 37.5 Å². The third kappa shape index (κ3) is 0.837. The summed E-state index contributed by atoms with van der Waals surface area (Å²) >= 11 is 2.22. The summed E-state index contributed by atoms with van der Waals surface area (Å²) in [7, 11) is 0. The van der Waals surface area contributed by atoms with Gasteiger partial charge in [-0.15, -0.1) is 0 Å². The lowest BCUT2D eigenvalue weighted by Gasteiger charge is -2.50. The van der Waals surface area contributed by atoms with E-state index in [1.54, 1.807) is 5.57 Å². The molecule has 0 unspecified atom stereocenters. The zero-order valence-corrected chi connectivity index (χ0v) is 7.57. The molecule has 0 aromatic heterocycles. The highest BCUT2D eigenvalue weighted by Crippen LogP contribution is 2.55. The smallest absolute Gasteiger partial charge is 0.0261 e. The first-order chi connectivity index (χ1) is 5.33. The molecule has 4 atom stereocenters. The first-order valence-electron chi connectivity index (χ1n) is 4.67. The van der Waals surface area contributed by atoms with Gasteiger partial charge in [-0.2, -0.15) is 11.8 Å². The van der Waals surface area contributed by atoms with E-state index in [0.717, 1.165) is 22.3 Å². The molecule has 0 aromatic rings. The second-order valence-corrected chi connectivity index (χ2v) is 5.84. The van der Waals surface area contributed by atoms with Crippen LogP contribution < -0.4 is 0 Å². The van der Waals surface area contributed by atoms with Gasteiger partial charge in [0, 0.05) is 10.5 Å². The van der Waals surface area contributed by atoms with Crippen molar-refractivity contribution >= 4 is 11.8 Å². The number of thioether (sulfide) groups is 1. The van der Waals surface area contributed by atoms with E-state index in [1.807, 2.05) is 0 Å². The minimum atomic E-state index is 0.867. The van der Waals surface area contributed by atoms with E-state index >= 15 is 0 Å². The molecule has 2 saturated heterocycles. The fourth-order valence-corrected chi connectivity index (χ4v) is 5.02. The predicted molar refractivity (Wildman–Crippen MR) is 49.8 cm³/mol. The van der Waals surface area contributed by atoms with Crippen LogP contribution in [0.25, 0.3) is 0 Å². The minimum Gasteiger partial charge on any atom is -0.151 e. The topological polar surface area (TPSA) is 0 Å². The molecule has 0 N–H and O–H groups in total. The maximum Gasteiger partial charge on any atom is 0.0261 e. The molecule has 1 heteroatoms. The Kier molecular flexibility index (Phi) is 1.24. The molecule has 2 aliphatic carbocycles. The van der Waals surface area contributed by atoms with E-state index in [0.29, 0.717) is 0 Å². The van der Waals surface area contributed by atoms with Crippen molar-refractivity contribution in [3.8, 4) is 0 Å². The Hall–Kier alpha value is 0.0900. The molecule has 0 spiro atoms.